The van der Waals surface area contributed by atoms with Crippen molar-refractivity contribution in [3.05, 3.63) is 71.7 Å². The first kappa shape index (κ1) is 20.8. The van der Waals surface area contributed by atoms with Gasteiger partial charge in [0, 0.05) is 22.6 Å². The molecule has 4 N–H and O–H groups in total. The van der Waals surface area contributed by atoms with E-state index in [2.05, 4.69) is 20.6 Å². The molecule has 0 bridgehead atoms. The monoisotopic (exact) mass is 454 g/mol. The van der Waals surface area contributed by atoms with Gasteiger partial charge in [-0.05, 0) is 42.5 Å². The summed E-state index contributed by atoms with van der Waals surface area (Å²) in [7, 11) is 0. The number of rotatable bonds is 3. The number of alkyl halides is 3. The minimum atomic E-state index is -4.49. The molecule has 2 aromatic carbocycles. The third-order valence-electron chi connectivity index (χ3n) is 5.29. The van der Waals surface area contributed by atoms with Crippen molar-refractivity contribution in [1.29, 1.82) is 0 Å². The molecule has 0 radical (unpaired) electrons. The van der Waals surface area contributed by atoms with Crippen molar-refractivity contribution >= 4 is 34.3 Å². The van der Waals surface area contributed by atoms with Crippen LogP contribution in [0, 0.1) is 0 Å². The molecule has 1 aliphatic heterocycles. The number of nitrogens with two attached hydrogens (primary N) is 1. The van der Waals surface area contributed by atoms with Crippen molar-refractivity contribution in [2.24, 2.45) is 0 Å². The van der Waals surface area contributed by atoms with Crippen molar-refractivity contribution in [2.75, 3.05) is 16.4 Å². The van der Waals surface area contributed by atoms with E-state index in [4.69, 9.17) is 10.5 Å². The van der Waals surface area contributed by atoms with Crippen LogP contribution in [0.2, 0.25) is 0 Å². The molecule has 168 valence electrons. The van der Waals surface area contributed by atoms with Crippen LogP contribution in [-0.2, 0) is 24.1 Å². The van der Waals surface area contributed by atoms with Gasteiger partial charge < -0.3 is 25.7 Å². The second-order valence-electron chi connectivity index (χ2n) is 7.41. The van der Waals surface area contributed by atoms with Gasteiger partial charge in [-0.25, -0.2) is 14.8 Å². The number of nitrogens with one attached hydrogen (secondary N) is 2. The van der Waals surface area contributed by atoms with Gasteiger partial charge in [-0.15, -0.1) is 0 Å². The maximum atomic E-state index is 12.9. The largest absolute Gasteiger partial charge is 0.416 e. The highest BCUT2D eigenvalue weighted by Crippen LogP contribution is 2.35. The van der Waals surface area contributed by atoms with Gasteiger partial charge in [0.05, 0.1) is 24.5 Å². The summed E-state index contributed by atoms with van der Waals surface area (Å²) in [6.45, 7) is 0.842. The van der Waals surface area contributed by atoms with Crippen LogP contribution in [0.15, 0.2) is 54.9 Å². The quantitative estimate of drug-likeness (QED) is 0.416. The number of carbonyl (C=O) groups excluding carboxylic acids is 1. The number of anilines is 3. The molecule has 3 heterocycles. The average Bonchev–Trinajstić information content (AvgIpc) is 3.36. The molecule has 0 saturated carbocycles. The van der Waals surface area contributed by atoms with Crippen molar-refractivity contribution in [2.45, 2.75) is 19.4 Å². The topological polar surface area (TPSA) is 107 Å². The predicted molar refractivity (Wildman–Crippen MR) is 116 cm³/mol. The third-order valence-corrected chi connectivity index (χ3v) is 5.29. The number of fused-ring (bicyclic) bond motifs is 3. The third kappa shape index (κ3) is 3.82. The summed E-state index contributed by atoms with van der Waals surface area (Å²) in [6, 6.07) is 10.7. The second-order valence-corrected chi connectivity index (χ2v) is 7.41. The SMILES string of the molecule is Nc1ncnc2c3c(n(-c4ccc(NC(=O)Nc5cccc(C(F)(F)F)c5)cc4)c12)COC3. The number of nitrogen functional groups attached to an aromatic ring is 1. The van der Waals surface area contributed by atoms with Crippen molar-refractivity contribution in [3.63, 3.8) is 0 Å². The molecule has 0 fully saturated rings. The van der Waals surface area contributed by atoms with E-state index in [0.29, 0.717) is 30.2 Å². The van der Waals surface area contributed by atoms with Crippen LogP contribution < -0.4 is 16.4 Å². The van der Waals surface area contributed by atoms with Crippen LogP contribution in [0.25, 0.3) is 16.7 Å². The molecule has 1 aliphatic rings. The summed E-state index contributed by atoms with van der Waals surface area (Å²) in [6.07, 6.45) is -3.08. The van der Waals surface area contributed by atoms with E-state index in [0.717, 1.165) is 34.6 Å². The van der Waals surface area contributed by atoms with Gasteiger partial charge in [-0.2, -0.15) is 13.2 Å². The summed E-state index contributed by atoms with van der Waals surface area (Å²) in [5.41, 5.74) is 9.84. The lowest BCUT2D eigenvalue weighted by molar-refractivity contribution is -0.137. The Morgan fingerprint density at radius 1 is 1.03 bits per heavy atom. The summed E-state index contributed by atoms with van der Waals surface area (Å²) < 4.78 is 46.1. The molecule has 0 atom stereocenters. The van der Waals surface area contributed by atoms with Gasteiger partial charge in [0.25, 0.3) is 0 Å². The minimum Gasteiger partial charge on any atom is -0.382 e. The number of hydrogen-bond donors (Lipinski definition) is 3. The molecule has 11 heteroatoms. The molecule has 0 saturated heterocycles. The highest BCUT2D eigenvalue weighted by Gasteiger charge is 2.30. The van der Waals surface area contributed by atoms with Gasteiger partial charge in [-0.1, -0.05) is 6.07 Å². The summed E-state index contributed by atoms with van der Waals surface area (Å²) >= 11 is 0. The van der Waals surface area contributed by atoms with E-state index in [9.17, 15) is 18.0 Å². The number of amides is 2. The van der Waals surface area contributed by atoms with E-state index < -0.39 is 17.8 Å². The average molecular weight is 454 g/mol. The maximum Gasteiger partial charge on any atom is 0.416 e. The van der Waals surface area contributed by atoms with Gasteiger partial charge in [0.15, 0.2) is 5.82 Å². The Balaban J connectivity index is 1.37. The zero-order valence-corrected chi connectivity index (χ0v) is 17.0. The molecule has 0 spiro atoms. The molecule has 2 aromatic heterocycles. The number of carbonyl (C=O) groups is 1. The first-order valence-electron chi connectivity index (χ1n) is 9.87. The minimum absolute atomic E-state index is 0.0313. The van der Waals surface area contributed by atoms with Crippen molar-refractivity contribution < 1.29 is 22.7 Å². The molecule has 4 aromatic rings. The number of aromatic nitrogens is 3. The second kappa shape index (κ2) is 7.78. The molecule has 0 unspecified atom stereocenters. The van der Waals surface area contributed by atoms with Crippen molar-refractivity contribution in [3.8, 4) is 5.69 Å². The van der Waals surface area contributed by atoms with Crippen LogP contribution in [0.4, 0.5) is 35.2 Å². The fourth-order valence-corrected chi connectivity index (χ4v) is 3.84. The zero-order chi connectivity index (χ0) is 23.2. The zero-order valence-electron chi connectivity index (χ0n) is 17.0. The van der Waals surface area contributed by atoms with E-state index in [1.54, 1.807) is 24.3 Å². The lowest BCUT2D eigenvalue weighted by Gasteiger charge is -2.13. The van der Waals surface area contributed by atoms with E-state index in [-0.39, 0.29) is 5.69 Å². The fraction of sp³-hybridized carbons (Fsp3) is 0.136. The van der Waals surface area contributed by atoms with Crippen LogP contribution >= 0.6 is 0 Å². The Bertz CT molecular complexity index is 1370. The highest BCUT2D eigenvalue weighted by atomic mass is 19.4. The number of urea groups is 1. The first-order chi connectivity index (χ1) is 15.8. The number of halogens is 3. The van der Waals surface area contributed by atoms with Crippen LogP contribution in [0.1, 0.15) is 16.8 Å². The molecular formula is C22H17F3N6O2. The smallest absolute Gasteiger partial charge is 0.382 e. The summed E-state index contributed by atoms with van der Waals surface area (Å²) in [5.74, 6) is 0.345. The maximum absolute atomic E-state index is 12.9. The fourth-order valence-electron chi connectivity index (χ4n) is 3.84. The predicted octanol–water partition coefficient (Wildman–Crippen LogP) is 4.70. The lowest BCUT2D eigenvalue weighted by atomic mass is 10.2. The van der Waals surface area contributed by atoms with Crippen LogP contribution in [0.5, 0.6) is 0 Å². The molecule has 5 rings (SSSR count). The van der Waals surface area contributed by atoms with E-state index in [1.807, 2.05) is 4.57 Å². The van der Waals surface area contributed by atoms with Gasteiger partial charge >= 0.3 is 12.2 Å². The number of benzene rings is 2. The van der Waals surface area contributed by atoms with Crippen LogP contribution in [-0.4, -0.2) is 20.6 Å². The van der Waals surface area contributed by atoms with Gasteiger partial charge in [-0.3, -0.25) is 0 Å². The normalized spacial score (nSPS) is 13.2. The van der Waals surface area contributed by atoms with Crippen molar-refractivity contribution in [1.82, 2.24) is 14.5 Å². The molecule has 33 heavy (non-hydrogen) atoms. The molecule has 8 nitrogen and oxygen atoms in total. The first-order valence-corrected chi connectivity index (χ1v) is 9.87. The molecule has 2 amide bonds. The lowest BCUT2D eigenvalue weighted by Crippen LogP contribution is -2.19. The Morgan fingerprint density at radius 2 is 1.79 bits per heavy atom. The Labute approximate surface area is 185 Å². The standard InChI is InChI=1S/C22H17F3N6O2/c23-22(24,25)12-2-1-3-14(8-12)30-21(32)29-13-4-6-15(7-5-13)31-17-10-33-9-16(17)18-19(31)20(26)28-11-27-18/h1-8,11H,9-10H2,(H2,26,27,28)(H2,29,30,32). The molecular weight excluding hydrogens is 437 g/mol. The summed E-state index contributed by atoms with van der Waals surface area (Å²) in [4.78, 5) is 20.7. The summed E-state index contributed by atoms with van der Waals surface area (Å²) in [5, 5.41) is 5.01. The molecule has 0 aliphatic carbocycles. The number of ether oxygens (including phenoxy) is 1. The number of nitrogens with zero attached hydrogens (tertiary/aromatic N) is 3. The van der Waals surface area contributed by atoms with E-state index in [1.165, 1.54) is 18.5 Å². The Hall–Kier alpha value is -4.12. The van der Waals surface area contributed by atoms with Gasteiger partial charge in [0.2, 0.25) is 0 Å². The van der Waals surface area contributed by atoms with Crippen LogP contribution in [0.3, 0.4) is 0 Å². The van der Waals surface area contributed by atoms with E-state index >= 15 is 0 Å². The van der Waals surface area contributed by atoms with Gasteiger partial charge in [0.1, 0.15) is 17.4 Å². The number of hydrogen-bond acceptors (Lipinski definition) is 5. The Kier molecular flexibility index (Phi) is 4.90. The highest BCUT2D eigenvalue weighted by molar-refractivity contribution is 6.00. The Morgan fingerprint density at radius 3 is 2.55 bits per heavy atom.